The molecule has 0 aromatic heterocycles. The van der Waals surface area contributed by atoms with Gasteiger partial charge in [-0.2, -0.15) is 0 Å². The fourth-order valence-corrected chi connectivity index (χ4v) is 9.90. The van der Waals surface area contributed by atoms with E-state index in [1.165, 1.54) is 77.0 Å². The largest absolute Gasteiger partial charge is 0.378 e. The van der Waals surface area contributed by atoms with Gasteiger partial charge in [-0.1, -0.05) is 103 Å². The Morgan fingerprint density at radius 2 is 0.786 bits per heavy atom. The van der Waals surface area contributed by atoms with Gasteiger partial charge in [-0.25, -0.2) is 19.6 Å². The number of rotatable bonds is 13. The van der Waals surface area contributed by atoms with Crippen LogP contribution in [0.2, 0.25) is 0 Å². The molecule has 6 aliphatic rings. The number of nitrogens with zero attached hydrogens (tertiary/aromatic N) is 6. The van der Waals surface area contributed by atoms with Crippen LogP contribution < -0.4 is 10.6 Å². The number of hydrogen-bond donors (Lipinski definition) is 2. The van der Waals surface area contributed by atoms with Gasteiger partial charge in [0.2, 0.25) is 11.9 Å². The topological polar surface area (TPSA) is 114 Å². The lowest BCUT2D eigenvalue weighted by Crippen LogP contribution is -2.58. The first-order valence-electron chi connectivity index (χ1n) is 23.6. The molecule has 0 bridgehead atoms. The van der Waals surface area contributed by atoms with Gasteiger partial charge in [-0.3, -0.25) is 9.80 Å². The van der Waals surface area contributed by atoms with Gasteiger partial charge in [0.05, 0.1) is 38.5 Å². The third-order valence-corrected chi connectivity index (χ3v) is 13.2. The normalized spacial score (nSPS) is 23.2. The minimum Gasteiger partial charge on any atom is -0.378 e. The molecule has 56 heavy (non-hydrogen) atoms. The van der Waals surface area contributed by atoms with Gasteiger partial charge in [-0.05, 0) is 64.2 Å². The lowest BCUT2D eigenvalue weighted by molar-refractivity contribution is 0.0605. The first-order valence-corrected chi connectivity index (χ1v) is 23.6. The van der Waals surface area contributed by atoms with Crippen LogP contribution in [0.25, 0.3) is 0 Å². The SMILES string of the molecule is O=C(NCCCCCCCCNC(=O)N(C(=NC1CCCCC1)N1CCOCC1)C1CCCCC1)N(C(=NC1CCCCC1)N1CCOCC1)C1CCCCC1. The lowest BCUT2D eigenvalue weighted by Gasteiger charge is -2.41. The molecule has 2 heterocycles. The van der Waals surface area contributed by atoms with Gasteiger partial charge in [-0.15, -0.1) is 0 Å². The number of carbonyl (C=O) groups is 2. The third-order valence-electron chi connectivity index (χ3n) is 13.2. The number of aliphatic imine (C=N–C) groups is 2. The summed E-state index contributed by atoms with van der Waals surface area (Å²) in [5.74, 6) is 1.82. The van der Waals surface area contributed by atoms with Crippen molar-refractivity contribution >= 4 is 24.0 Å². The highest BCUT2D eigenvalue weighted by atomic mass is 16.5. The zero-order chi connectivity index (χ0) is 38.6. The molecule has 0 unspecified atom stereocenters. The number of nitrogens with one attached hydrogen (secondary N) is 2. The average Bonchev–Trinajstić information content (AvgIpc) is 3.26. The van der Waals surface area contributed by atoms with E-state index in [1.807, 2.05) is 0 Å². The zero-order valence-corrected chi connectivity index (χ0v) is 35.1. The van der Waals surface area contributed by atoms with Gasteiger partial charge in [0, 0.05) is 51.4 Å². The molecule has 0 aromatic carbocycles. The Morgan fingerprint density at radius 3 is 1.14 bits per heavy atom. The molecule has 0 atom stereocenters. The van der Waals surface area contributed by atoms with E-state index in [9.17, 15) is 9.59 Å². The molecular weight excluding hydrogens is 705 g/mol. The summed E-state index contributed by atoms with van der Waals surface area (Å²) in [6.07, 6.45) is 30.0. The van der Waals surface area contributed by atoms with Crippen LogP contribution in [0.5, 0.6) is 0 Å². The molecule has 12 nitrogen and oxygen atoms in total. The van der Waals surface area contributed by atoms with Crippen molar-refractivity contribution in [3.8, 4) is 0 Å². The quantitative estimate of drug-likeness (QED) is 0.111. The number of amides is 4. The molecule has 2 aliphatic heterocycles. The van der Waals surface area contributed by atoms with Crippen LogP contribution in [0.15, 0.2) is 9.98 Å². The molecule has 2 N–H and O–H groups in total. The molecule has 4 aliphatic carbocycles. The summed E-state index contributed by atoms with van der Waals surface area (Å²) < 4.78 is 11.4. The predicted molar refractivity (Wildman–Crippen MR) is 225 cm³/mol. The molecule has 4 saturated carbocycles. The van der Waals surface area contributed by atoms with E-state index < -0.39 is 0 Å². The van der Waals surface area contributed by atoms with Crippen LogP contribution in [-0.4, -0.2) is 133 Å². The van der Waals surface area contributed by atoms with Crippen LogP contribution in [-0.2, 0) is 9.47 Å². The highest BCUT2D eigenvalue weighted by Crippen LogP contribution is 2.28. The Labute approximate surface area is 339 Å². The smallest absolute Gasteiger partial charge is 0.324 e. The Balaban J connectivity index is 0.944. The second-order valence-corrected chi connectivity index (χ2v) is 17.5. The van der Waals surface area contributed by atoms with Crippen LogP contribution in [0, 0.1) is 0 Å². The molecule has 318 valence electrons. The number of carbonyl (C=O) groups excluding carboxylic acids is 2. The summed E-state index contributed by atoms with van der Waals surface area (Å²) in [5.41, 5.74) is 0. The van der Waals surface area contributed by atoms with Crippen molar-refractivity contribution < 1.29 is 19.1 Å². The maximum Gasteiger partial charge on any atom is 0.324 e. The van der Waals surface area contributed by atoms with Crippen molar-refractivity contribution in [3.63, 3.8) is 0 Å². The molecule has 0 aromatic rings. The maximum atomic E-state index is 14.0. The first-order chi connectivity index (χ1) is 27.7. The number of morpholine rings is 2. The lowest BCUT2D eigenvalue weighted by atomic mass is 9.94. The minimum atomic E-state index is 0.0385. The van der Waals surface area contributed by atoms with Crippen LogP contribution in [0.3, 0.4) is 0 Å². The van der Waals surface area contributed by atoms with Gasteiger partial charge in [0.1, 0.15) is 0 Å². The fraction of sp³-hybridized carbons (Fsp3) is 0.909. The fourth-order valence-electron chi connectivity index (χ4n) is 9.90. The van der Waals surface area contributed by atoms with Crippen molar-refractivity contribution in [2.45, 2.75) is 191 Å². The van der Waals surface area contributed by atoms with Crippen LogP contribution in [0.1, 0.15) is 167 Å². The summed E-state index contributed by atoms with van der Waals surface area (Å²) in [7, 11) is 0. The van der Waals surface area contributed by atoms with E-state index in [-0.39, 0.29) is 24.1 Å². The molecule has 6 rings (SSSR count). The molecule has 0 radical (unpaired) electrons. The molecule has 12 heteroatoms. The molecule has 6 fully saturated rings. The van der Waals surface area contributed by atoms with E-state index in [1.54, 1.807) is 0 Å². The highest BCUT2D eigenvalue weighted by molar-refractivity contribution is 5.97. The molecule has 0 spiro atoms. The number of unbranched alkanes of at least 4 members (excludes halogenated alkanes) is 5. The van der Waals surface area contributed by atoms with E-state index in [0.717, 1.165) is 128 Å². The maximum absolute atomic E-state index is 14.0. The zero-order valence-electron chi connectivity index (χ0n) is 35.1. The third kappa shape index (κ3) is 13.5. The minimum absolute atomic E-state index is 0.0385. The standard InChI is InChI=1S/C44H78N8O4/c53-43(51(39-23-13-7-14-24-39)41(49-29-33-55-34-30-49)47-37-19-9-5-10-20-37)45-27-17-3-1-2-4-18-28-46-44(54)52(40-25-15-8-16-26-40)42(50-31-35-56-36-32-50)48-38-21-11-6-12-22-38/h37-40H,1-36H2,(H,45,53)(H,46,54). The summed E-state index contributed by atoms with van der Waals surface area (Å²) in [5, 5.41) is 6.66. The monoisotopic (exact) mass is 783 g/mol. The van der Waals surface area contributed by atoms with Gasteiger partial charge in [0.15, 0.2) is 0 Å². The Hall–Kier alpha value is -2.60. The van der Waals surface area contributed by atoms with Gasteiger partial charge in [0.25, 0.3) is 0 Å². The van der Waals surface area contributed by atoms with Crippen molar-refractivity contribution in [1.29, 1.82) is 0 Å². The summed E-state index contributed by atoms with van der Waals surface area (Å²) in [6.45, 7) is 7.37. The number of ether oxygens (including phenoxy) is 2. The van der Waals surface area contributed by atoms with E-state index >= 15 is 0 Å². The second kappa shape index (κ2) is 24.4. The average molecular weight is 783 g/mol. The second-order valence-electron chi connectivity index (χ2n) is 17.5. The predicted octanol–water partition coefficient (Wildman–Crippen LogP) is 8.06. The molecule has 4 amide bonds. The highest BCUT2D eigenvalue weighted by Gasteiger charge is 2.35. The summed E-state index contributed by atoms with van der Waals surface area (Å²) in [6, 6.07) is 1.15. The van der Waals surface area contributed by atoms with Crippen molar-refractivity contribution in [3.05, 3.63) is 0 Å². The van der Waals surface area contributed by atoms with Gasteiger partial charge >= 0.3 is 12.1 Å². The Bertz CT molecular complexity index is 1110. The van der Waals surface area contributed by atoms with Crippen molar-refractivity contribution in [1.82, 2.24) is 30.2 Å². The van der Waals surface area contributed by atoms with E-state index in [4.69, 9.17) is 19.5 Å². The first kappa shape index (κ1) is 43.0. The van der Waals surface area contributed by atoms with E-state index in [2.05, 4.69) is 30.2 Å². The number of urea groups is 2. The van der Waals surface area contributed by atoms with Crippen LogP contribution >= 0.6 is 0 Å². The van der Waals surface area contributed by atoms with Crippen molar-refractivity contribution in [2.75, 3.05) is 65.7 Å². The summed E-state index contributed by atoms with van der Waals surface area (Å²) >= 11 is 0. The Morgan fingerprint density at radius 1 is 0.464 bits per heavy atom. The number of hydrogen-bond acceptors (Lipinski definition) is 6. The van der Waals surface area contributed by atoms with Gasteiger partial charge < -0.3 is 29.9 Å². The Kier molecular flexibility index (Phi) is 18.7. The summed E-state index contributed by atoms with van der Waals surface area (Å²) in [4.78, 5) is 47.6. The van der Waals surface area contributed by atoms with Crippen molar-refractivity contribution in [2.24, 2.45) is 9.98 Å². The molecular formula is C44H78N8O4. The van der Waals surface area contributed by atoms with Crippen LogP contribution in [0.4, 0.5) is 9.59 Å². The molecule has 2 saturated heterocycles. The number of guanidine groups is 2. The van der Waals surface area contributed by atoms with E-state index in [0.29, 0.717) is 51.6 Å².